The Labute approximate surface area is 185 Å². The summed E-state index contributed by atoms with van der Waals surface area (Å²) in [6, 6.07) is 15.7. The largest absolute Gasteiger partial charge is 0.493 e. The van der Waals surface area contributed by atoms with Crippen LogP contribution in [0.25, 0.3) is 10.8 Å². The molecule has 1 aliphatic rings. The highest BCUT2D eigenvalue weighted by molar-refractivity contribution is 7.92. The van der Waals surface area contributed by atoms with Crippen LogP contribution >= 0.6 is 0 Å². The van der Waals surface area contributed by atoms with E-state index < -0.39 is 28.5 Å². The highest BCUT2D eigenvalue weighted by atomic mass is 32.2. The summed E-state index contributed by atoms with van der Waals surface area (Å²) >= 11 is 0. The van der Waals surface area contributed by atoms with Gasteiger partial charge in [0.25, 0.3) is 5.91 Å². The van der Waals surface area contributed by atoms with Crippen molar-refractivity contribution in [3.05, 3.63) is 66.0 Å². The van der Waals surface area contributed by atoms with Crippen LogP contribution in [0, 0.1) is 11.7 Å². The van der Waals surface area contributed by atoms with E-state index in [4.69, 9.17) is 9.47 Å². The first-order valence-electron chi connectivity index (χ1n) is 10.1. The molecule has 0 atom stereocenters. The van der Waals surface area contributed by atoms with Crippen LogP contribution in [0.4, 0.5) is 10.1 Å². The minimum absolute atomic E-state index is 0.0229. The van der Waals surface area contributed by atoms with Gasteiger partial charge < -0.3 is 9.47 Å². The first-order valence-corrected chi connectivity index (χ1v) is 11.6. The minimum atomic E-state index is -4.23. The second kappa shape index (κ2) is 8.66. The summed E-state index contributed by atoms with van der Waals surface area (Å²) in [4.78, 5) is 11.8. The van der Waals surface area contributed by atoms with Crippen molar-refractivity contribution >= 4 is 32.6 Å². The quantitative estimate of drug-likeness (QED) is 0.583. The Kier molecular flexibility index (Phi) is 5.92. The monoisotopic (exact) mass is 458 g/mol. The maximum Gasteiger partial charge on any atom is 0.326 e. The minimum Gasteiger partial charge on any atom is -0.493 e. The second-order valence-electron chi connectivity index (χ2n) is 7.94. The van der Waals surface area contributed by atoms with Gasteiger partial charge in [0.15, 0.2) is 5.82 Å². The molecular weight excluding hydrogens is 435 g/mol. The lowest BCUT2D eigenvalue weighted by atomic mass is 10.1. The normalized spacial score (nSPS) is 15.2. The summed E-state index contributed by atoms with van der Waals surface area (Å²) in [6.45, 7) is 4.02. The van der Waals surface area contributed by atoms with Crippen LogP contribution in [0.3, 0.4) is 0 Å². The molecule has 0 aliphatic carbocycles. The lowest BCUT2D eigenvalue weighted by Crippen LogP contribution is -2.30. The molecule has 1 heterocycles. The van der Waals surface area contributed by atoms with Crippen molar-refractivity contribution in [1.29, 1.82) is 0 Å². The predicted molar refractivity (Wildman–Crippen MR) is 119 cm³/mol. The highest BCUT2D eigenvalue weighted by Crippen LogP contribution is 2.40. The van der Waals surface area contributed by atoms with Gasteiger partial charge >= 0.3 is 10.2 Å². The predicted octanol–water partition coefficient (Wildman–Crippen LogP) is 3.77. The molecule has 1 amide bonds. The average molecular weight is 459 g/mol. The molecule has 1 aliphatic heterocycles. The van der Waals surface area contributed by atoms with E-state index in [9.17, 15) is 13.2 Å². The third kappa shape index (κ3) is 4.47. The smallest absolute Gasteiger partial charge is 0.326 e. The van der Waals surface area contributed by atoms with E-state index in [1.807, 2.05) is 48.9 Å². The molecule has 3 aromatic carbocycles. The summed E-state index contributed by atoms with van der Waals surface area (Å²) in [6.07, 6.45) is 0. The van der Waals surface area contributed by atoms with Crippen molar-refractivity contribution in [1.82, 2.24) is 4.72 Å². The fraction of sp³-hybridized carbons (Fsp3) is 0.261. The second-order valence-corrected chi connectivity index (χ2v) is 9.53. The van der Waals surface area contributed by atoms with Gasteiger partial charge in [-0.05, 0) is 35.1 Å². The van der Waals surface area contributed by atoms with Gasteiger partial charge in [0.2, 0.25) is 0 Å². The molecule has 1 N–H and O–H groups in total. The fourth-order valence-electron chi connectivity index (χ4n) is 3.37. The molecule has 0 bridgehead atoms. The molecule has 0 saturated carbocycles. The number of carbonyl (C=O) groups excluding carboxylic acids is 1. The van der Waals surface area contributed by atoms with Gasteiger partial charge in [-0.25, -0.2) is 13.4 Å². The number of benzene rings is 3. The van der Waals surface area contributed by atoms with Crippen LogP contribution in [0.1, 0.15) is 19.4 Å². The van der Waals surface area contributed by atoms with E-state index >= 15 is 4.39 Å². The standard InChI is InChI=1S/C23H23FN2O5S/c1-15(2)13-30-18-9-8-17-10-20(31-14-16-6-4-3-5-7-16)23(22(24)19(17)11-18)26-12-21(27)25-32(26,28)29/h3-11,15H,12-14H2,1-2H3,(H,25,27). The van der Waals surface area contributed by atoms with E-state index in [0.717, 1.165) is 5.56 Å². The van der Waals surface area contributed by atoms with Gasteiger partial charge in [-0.2, -0.15) is 8.42 Å². The van der Waals surface area contributed by atoms with Crippen LogP contribution in [-0.4, -0.2) is 27.5 Å². The molecule has 3 aromatic rings. The van der Waals surface area contributed by atoms with Crippen molar-refractivity contribution in [2.24, 2.45) is 5.92 Å². The molecule has 1 saturated heterocycles. The summed E-state index contributed by atoms with van der Waals surface area (Å²) in [7, 11) is -4.23. The molecular formula is C23H23FN2O5S. The Hall–Kier alpha value is -3.33. The SMILES string of the molecule is CC(C)COc1ccc2cc(OCc3ccccc3)c(N3CC(=O)NS3(=O)=O)c(F)c2c1. The van der Waals surface area contributed by atoms with Gasteiger partial charge in [-0.3, -0.25) is 4.79 Å². The van der Waals surface area contributed by atoms with Gasteiger partial charge in [0.1, 0.15) is 30.3 Å². The molecule has 7 nitrogen and oxygen atoms in total. The fourth-order valence-corrected chi connectivity index (χ4v) is 4.53. The first-order chi connectivity index (χ1) is 15.2. The molecule has 168 valence electrons. The van der Waals surface area contributed by atoms with Crippen LogP contribution < -0.4 is 18.5 Å². The lowest BCUT2D eigenvalue weighted by molar-refractivity contribution is -0.117. The van der Waals surface area contributed by atoms with Crippen molar-refractivity contribution in [3.63, 3.8) is 0 Å². The maximum atomic E-state index is 15.8. The van der Waals surface area contributed by atoms with Crippen LogP contribution in [0.5, 0.6) is 11.5 Å². The highest BCUT2D eigenvalue weighted by Gasteiger charge is 2.38. The number of rotatable bonds is 7. The number of amides is 1. The van der Waals surface area contributed by atoms with Crippen molar-refractivity contribution in [2.45, 2.75) is 20.5 Å². The molecule has 0 radical (unpaired) electrons. The van der Waals surface area contributed by atoms with E-state index in [0.29, 0.717) is 22.0 Å². The number of anilines is 1. The zero-order valence-electron chi connectivity index (χ0n) is 17.7. The summed E-state index contributed by atoms with van der Waals surface area (Å²) < 4.78 is 54.8. The number of fused-ring (bicyclic) bond motifs is 1. The Bertz CT molecular complexity index is 1260. The average Bonchev–Trinajstić information content (AvgIpc) is 3.03. The molecule has 9 heteroatoms. The summed E-state index contributed by atoms with van der Waals surface area (Å²) in [5.74, 6) is -0.776. The van der Waals surface area contributed by atoms with E-state index in [-0.39, 0.29) is 29.3 Å². The van der Waals surface area contributed by atoms with Crippen molar-refractivity contribution < 1.29 is 27.1 Å². The topological polar surface area (TPSA) is 84.9 Å². The number of hydrogen-bond donors (Lipinski definition) is 1. The molecule has 0 unspecified atom stereocenters. The first kappa shape index (κ1) is 21.9. The van der Waals surface area contributed by atoms with Crippen LogP contribution in [0.15, 0.2) is 54.6 Å². The molecule has 1 fully saturated rings. The number of halogens is 1. The van der Waals surface area contributed by atoms with Crippen LogP contribution in [0.2, 0.25) is 0 Å². The Balaban J connectivity index is 1.81. The number of nitrogens with zero attached hydrogens (tertiary/aromatic N) is 1. The lowest BCUT2D eigenvalue weighted by Gasteiger charge is -2.21. The number of hydrogen-bond acceptors (Lipinski definition) is 5. The number of nitrogens with one attached hydrogen (secondary N) is 1. The number of ether oxygens (including phenoxy) is 2. The zero-order valence-corrected chi connectivity index (χ0v) is 18.5. The van der Waals surface area contributed by atoms with Crippen LogP contribution in [-0.2, 0) is 21.6 Å². The Morgan fingerprint density at radius 3 is 2.50 bits per heavy atom. The maximum absolute atomic E-state index is 15.8. The third-order valence-corrected chi connectivity index (χ3v) is 6.26. The summed E-state index contributed by atoms with van der Waals surface area (Å²) in [5, 5.41) is 0.685. The van der Waals surface area contributed by atoms with Gasteiger partial charge in [0, 0.05) is 5.39 Å². The van der Waals surface area contributed by atoms with Gasteiger partial charge in [0.05, 0.1) is 6.61 Å². The molecule has 0 spiro atoms. The van der Waals surface area contributed by atoms with Crippen molar-refractivity contribution in [3.8, 4) is 11.5 Å². The Morgan fingerprint density at radius 2 is 1.84 bits per heavy atom. The van der Waals surface area contributed by atoms with E-state index in [1.165, 1.54) is 6.07 Å². The molecule has 0 aromatic heterocycles. The summed E-state index contributed by atoms with van der Waals surface area (Å²) in [5.41, 5.74) is 0.516. The zero-order chi connectivity index (χ0) is 22.9. The van der Waals surface area contributed by atoms with E-state index in [2.05, 4.69) is 0 Å². The van der Waals surface area contributed by atoms with Gasteiger partial charge in [-0.1, -0.05) is 50.2 Å². The molecule has 4 rings (SSSR count). The van der Waals surface area contributed by atoms with E-state index in [1.54, 1.807) is 18.2 Å². The Morgan fingerprint density at radius 1 is 1.09 bits per heavy atom. The molecule has 32 heavy (non-hydrogen) atoms. The third-order valence-electron chi connectivity index (χ3n) is 4.88. The van der Waals surface area contributed by atoms with Gasteiger partial charge in [-0.15, -0.1) is 0 Å². The van der Waals surface area contributed by atoms with Crippen molar-refractivity contribution in [2.75, 3.05) is 17.5 Å². The number of carbonyl (C=O) groups is 1.